The van der Waals surface area contributed by atoms with Gasteiger partial charge in [-0.25, -0.2) is 0 Å². The zero-order chi connectivity index (χ0) is 6.24. The summed E-state index contributed by atoms with van der Waals surface area (Å²) in [6.07, 6.45) is 1.28. The average molecular weight is 116 g/mol. The van der Waals surface area contributed by atoms with Crippen molar-refractivity contribution in [1.82, 2.24) is 5.65 Å². The maximum absolute atomic E-state index is 10.7. The predicted octanol–water partition coefficient (Wildman–Crippen LogP) is 0.676. The van der Waals surface area contributed by atoms with Crippen molar-refractivity contribution < 1.29 is 4.48 Å². The number of nitrogens with zero attached hydrogens (tertiary/aromatic N) is 5. The highest BCUT2D eigenvalue weighted by Gasteiger charge is 1.62. The van der Waals surface area contributed by atoms with E-state index in [0.717, 1.165) is 5.65 Å². The van der Waals surface area contributed by atoms with Gasteiger partial charge >= 0.3 is 0 Å². The van der Waals surface area contributed by atoms with Crippen LogP contribution in [0, 0.1) is 11.5 Å². The second-order valence-electron chi connectivity index (χ2n) is 0.563. The smallest absolute Gasteiger partial charge is 0.169 e. The lowest BCUT2D eigenvalue weighted by Gasteiger charge is -1.68. The van der Waals surface area contributed by atoms with Gasteiger partial charge in [-0.15, -0.1) is 5.65 Å². The highest BCUT2D eigenvalue weighted by Crippen LogP contribution is 1.73. The Morgan fingerprint density at radius 2 is 2.25 bits per heavy atom. The van der Waals surface area contributed by atoms with Crippen LogP contribution in [-0.4, -0.2) is 0 Å². The van der Waals surface area contributed by atoms with Crippen molar-refractivity contribution in [3.63, 3.8) is 0 Å². The molecule has 0 aliphatic carbocycles. The molecule has 0 aliphatic heterocycles. The number of nitriles is 1. The Morgan fingerprint density at radius 3 is 2.75 bits per heavy atom. The molecule has 0 fully saturated rings. The third kappa shape index (κ3) is 4.42. The summed E-state index contributed by atoms with van der Waals surface area (Å²) < 4.78 is 10.7. The average Bonchev–Trinajstić information content (AvgIpc) is 1.81. The normalized spacial score (nSPS) is 10.0. The molecule has 0 bridgehead atoms. The summed E-state index contributed by atoms with van der Waals surface area (Å²) in [5.74, 6) is 0. The monoisotopic (exact) mass is 116 g/mol. The fourth-order valence-electron chi connectivity index (χ4n) is 0.0769. The van der Waals surface area contributed by atoms with Crippen LogP contribution in [0.3, 0.4) is 0 Å². The van der Waals surface area contributed by atoms with Crippen LogP contribution in [0.2, 0.25) is 0 Å². The van der Waals surface area contributed by atoms with E-state index in [-0.39, 0.29) is 0 Å². The lowest BCUT2D eigenvalue weighted by molar-refractivity contribution is 0.329. The fraction of sp³-hybridized carbons (Fsp3) is 0. The van der Waals surface area contributed by atoms with Gasteiger partial charge in [0, 0.05) is 0 Å². The Kier molecular flexibility index (Phi) is 4.35. The topological polar surface area (TPSA) is 85.3 Å². The first-order valence-corrected chi connectivity index (χ1v) is 1.46. The SMILES string of the molecule is N#C/N=N/N=N/NF. The third-order valence-electron chi connectivity index (χ3n) is 0.212. The summed E-state index contributed by atoms with van der Waals surface area (Å²) in [5, 5.41) is 18.2. The Balaban J connectivity index is 3.31. The number of halogens is 1. The molecule has 6 nitrogen and oxygen atoms in total. The maximum atomic E-state index is 10.7. The number of nitrogens with one attached hydrogen (secondary N) is 1. The molecule has 0 radical (unpaired) electrons. The van der Waals surface area contributed by atoms with E-state index in [2.05, 4.69) is 20.8 Å². The summed E-state index contributed by atoms with van der Waals surface area (Å²) in [6.45, 7) is 0. The van der Waals surface area contributed by atoms with Gasteiger partial charge in [-0.2, -0.15) is 5.26 Å². The first-order valence-electron chi connectivity index (χ1n) is 1.46. The molecular weight excluding hydrogens is 115 g/mol. The van der Waals surface area contributed by atoms with E-state index < -0.39 is 0 Å². The highest BCUT2D eigenvalue weighted by atomic mass is 19.2. The molecule has 7 heteroatoms. The predicted molar refractivity (Wildman–Crippen MR) is 19.6 cm³/mol. The maximum Gasteiger partial charge on any atom is 0.227 e. The summed E-state index contributed by atoms with van der Waals surface area (Å²) in [6, 6.07) is 0. The molecule has 8 heavy (non-hydrogen) atoms. The Labute approximate surface area is 43.6 Å². The van der Waals surface area contributed by atoms with Crippen LogP contribution < -0.4 is 5.65 Å². The van der Waals surface area contributed by atoms with Crippen molar-refractivity contribution in [3.05, 3.63) is 0 Å². The van der Waals surface area contributed by atoms with Gasteiger partial charge in [0.1, 0.15) is 0 Å². The quantitative estimate of drug-likeness (QED) is 0.249. The summed E-state index contributed by atoms with van der Waals surface area (Å²) in [5.41, 5.74) is 0.822. The second-order valence-corrected chi connectivity index (χ2v) is 0.563. The van der Waals surface area contributed by atoms with Gasteiger partial charge in [0.2, 0.25) is 6.19 Å². The van der Waals surface area contributed by atoms with Crippen molar-refractivity contribution in [2.75, 3.05) is 0 Å². The molecule has 0 aromatic heterocycles. The molecule has 1 N–H and O–H groups in total. The van der Waals surface area contributed by atoms with Crippen molar-refractivity contribution in [1.29, 1.82) is 5.26 Å². The molecule has 42 valence electrons. The van der Waals surface area contributed by atoms with E-state index in [0.29, 0.717) is 0 Å². The Morgan fingerprint density at radius 1 is 1.50 bits per heavy atom. The van der Waals surface area contributed by atoms with Crippen LogP contribution in [0.4, 0.5) is 4.48 Å². The molecule has 0 aromatic carbocycles. The van der Waals surface area contributed by atoms with Gasteiger partial charge in [0.25, 0.3) is 0 Å². The molecule has 0 aromatic rings. The standard InChI is InChI=1S/CHFN6/c2-5-7-8-6-4-1-3/h(H,4,5,8). The van der Waals surface area contributed by atoms with Gasteiger partial charge in [-0.05, 0) is 20.8 Å². The van der Waals surface area contributed by atoms with Crippen LogP contribution in [-0.2, 0) is 0 Å². The minimum Gasteiger partial charge on any atom is -0.169 e. The van der Waals surface area contributed by atoms with E-state index in [1.807, 2.05) is 0 Å². The van der Waals surface area contributed by atoms with E-state index in [9.17, 15) is 4.48 Å². The minimum atomic E-state index is 0.822. The molecule has 0 rings (SSSR count). The van der Waals surface area contributed by atoms with E-state index >= 15 is 0 Å². The largest absolute Gasteiger partial charge is 0.227 e. The van der Waals surface area contributed by atoms with Crippen molar-refractivity contribution in [2.24, 2.45) is 20.8 Å². The molecule has 0 atom stereocenters. The van der Waals surface area contributed by atoms with E-state index in [1.54, 1.807) is 0 Å². The molecule has 0 spiro atoms. The molecule has 0 amide bonds. The first kappa shape index (κ1) is 6.42. The van der Waals surface area contributed by atoms with E-state index in [4.69, 9.17) is 5.26 Å². The van der Waals surface area contributed by atoms with Crippen molar-refractivity contribution in [2.45, 2.75) is 0 Å². The Bertz CT molecular complexity index is 130. The van der Waals surface area contributed by atoms with Crippen molar-refractivity contribution in [3.8, 4) is 6.19 Å². The molecular formula is CHFN6. The van der Waals surface area contributed by atoms with Crippen LogP contribution in [0.1, 0.15) is 0 Å². The van der Waals surface area contributed by atoms with Gasteiger partial charge in [0.15, 0.2) is 0 Å². The number of hydrogen-bond donors (Lipinski definition) is 1. The van der Waals surface area contributed by atoms with Crippen LogP contribution in [0.5, 0.6) is 0 Å². The van der Waals surface area contributed by atoms with Gasteiger partial charge in [-0.3, -0.25) is 0 Å². The molecule has 0 unspecified atom stereocenters. The zero-order valence-corrected chi connectivity index (χ0v) is 3.61. The lowest BCUT2D eigenvalue weighted by Crippen LogP contribution is -1.79. The molecule has 0 aliphatic rings. The third-order valence-corrected chi connectivity index (χ3v) is 0.212. The Hall–Kier alpha value is -1.58. The van der Waals surface area contributed by atoms with Gasteiger partial charge < -0.3 is 0 Å². The summed E-state index contributed by atoms with van der Waals surface area (Å²) in [7, 11) is 0. The van der Waals surface area contributed by atoms with Crippen LogP contribution in [0.15, 0.2) is 20.8 Å². The number of rotatable bonds is 2. The lowest BCUT2D eigenvalue weighted by atomic mass is 11.5. The van der Waals surface area contributed by atoms with Crippen LogP contribution in [0.25, 0.3) is 0 Å². The first-order chi connectivity index (χ1) is 3.91. The minimum absolute atomic E-state index is 0.822. The van der Waals surface area contributed by atoms with Crippen molar-refractivity contribution >= 4 is 0 Å². The summed E-state index contributed by atoms with van der Waals surface area (Å²) in [4.78, 5) is 0. The molecule has 0 heterocycles. The van der Waals surface area contributed by atoms with Gasteiger partial charge in [-0.1, -0.05) is 4.48 Å². The molecule has 0 saturated heterocycles. The second kappa shape index (κ2) is 5.42. The molecule has 0 saturated carbocycles. The highest BCUT2D eigenvalue weighted by molar-refractivity contribution is 4.56. The van der Waals surface area contributed by atoms with Crippen LogP contribution >= 0.6 is 0 Å². The van der Waals surface area contributed by atoms with Gasteiger partial charge in [0.05, 0.1) is 0 Å². The zero-order valence-electron chi connectivity index (χ0n) is 3.61. The number of hydrogen-bond acceptors (Lipinski definition) is 3. The fourth-order valence-corrected chi connectivity index (χ4v) is 0.0769. The summed E-state index contributed by atoms with van der Waals surface area (Å²) >= 11 is 0. The van der Waals surface area contributed by atoms with E-state index in [1.165, 1.54) is 6.19 Å².